The van der Waals surface area contributed by atoms with Crippen LogP contribution in [0.2, 0.25) is 0 Å². The number of nitrogens with zero attached hydrogens (tertiary/aromatic N) is 1. The zero-order valence-electron chi connectivity index (χ0n) is 12.6. The standard InChI is InChI=1S/C15H21N3O3.ClH/c1-15(9-16)6-7-18(10-15)14(20)11-4-2-3-5-12(11)21-8-13(17)19;/h2-5H,6-10,16H2,1H3,(H2,17,19);1H. The van der Waals surface area contributed by atoms with Crippen LogP contribution >= 0.6 is 12.4 Å². The summed E-state index contributed by atoms with van der Waals surface area (Å²) in [5, 5.41) is 0. The molecule has 122 valence electrons. The van der Waals surface area contributed by atoms with Crippen molar-refractivity contribution in [3.63, 3.8) is 0 Å². The number of rotatable bonds is 5. The maximum atomic E-state index is 12.6. The quantitative estimate of drug-likeness (QED) is 0.835. The second-order valence-corrected chi connectivity index (χ2v) is 5.74. The van der Waals surface area contributed by atoms with Crippen LogP contribution in [0.15, 0.2) is 24.3 Å². The fraction of sp³-hybridized carbons (Fsp3) is 0.467. The molecule has 1 unspecified atom stereocenters. The van der Waals surface area contributed by atoms with Crippen LogP contribution in [-0.4, -0.2) is 43.0 Å². The van der Waals surface area contributed by atoms with Crippen molar-refractivity contribution in [1.82, 2.24) is 4.90 Å². The number of likely N-dealkylation sites (tertiary alicyclic amines) is 1. The molecule has 1 aliphatic heterocycles. The predicted molar refractivity (Wildman–Crippen MR) is 86.1 cm³/mol. The molecule has 6 nitrogen and oxygen atoms in total. The highest BCUT2D eigenvalue weighted by atomic mass is 35.5. The molecule has 0 aromatic heterocycles. The summed E-state index contributed by atoms with van der Waals surface area (Å²) in [4.78, 5) is 25.2. The number of amides is 2. The van der Waals surface area contributed by atoms with E-state index in [-0.39, 0.29) is 30.3 Å². The molecule has 2 rings (SSSR count). The van der Waals surface area contributed by atoms with E-state index in [0.29, 0.717) is 30.9 Å². The lowest BCUT2D eigenvalue weighted by Crippen LogP contribution is -2.34. The first kappa shape index (κ1) is 18.3. The van der Waals surface area contributed by atoms with E-state index in [9.17, 15) is 9.59 Å². The Morgan fingerprint density at radius 1 is 1.36 bits per heavy atom. The summed E-state index contributed by atoms with van der Waals surface area (Å²) in [6.07, 6.45) is 0.888. The van der Waals surface area contributed by atoms with E-state index >= 15 is 0 Å². The monoisotopic (exact) mass is 327 g/mol. The average molecular weight is 328 g/mol. The summed E-state index contributed by atoms with van der Waals surface area (Å²) < 4.78 is 5.31. The van der Waals surface area contributed by atoms with Crippen molar-refractivity contribution in [2.45, 2.75) is 13.3 Å². The Hall–Kier alpha value is -1.79. The van der Waals surface area contributed by atoms with Crippen molar-refractivity contribution >= 4 is 24.2 Å². The zero-order valence-corrected chi connectivity index (χ0v) is 13.4. The first-order valence-corrected chi connectivity index (χ1v) is 6.95. The molecule has 22 heavy (non-hydrogen) atoms. The van der Waals surface area contributed by atoms with Gasteiger partial charge in [0.1, 0.15) is 5.75 Å². The Kier molecular flexibility index (Phi) is 6.20. The molecular formula is C15H22ClN3O3. The van der Waals surface area contributed by atoms with Gasteiger partial charge in [-0.1, -0.05) is 19.1 Å². The molecule has 0 radical (unpaired) electrons. The third kappa shape index (κ3) is 4.11. The number of ether oxygens (including phenoxy) is 1. The van der Waals surface area contributed by atoms with Gasteiger partial charge in [0.05, 0.1) is 5.56 Å². The molecule has 1 fully saturated rings. The van der Waals surface area contributed by atoms with E-state index in [2.05, 4.69) is 6.92 Å². The topological polar surface area (TPSA) is 98.7 Å². The maximum Gasteiger partial charge on any atom is 0.257 e. The highest BCUT2D eigenvalue weighted by molar-refractivity contribution is 5.97. The van der Waals surface area contributed by atoms with E-state index in [1.54, 1.807) is 29.2 Å². The largest absolute Gasteiger partial charge is 0.483 e. The van der Waals surface area contributed by atoms with E-state index in [1.165, 1.54) is 0 Å². The fourth-order valence-corrected chi connectivity index (χ4v) is 2.45. The Labute approximate surface area is 136 Å². The number of nitrogens with two attached hydrogens (primary N) is 2. The van der Waals surface area contributed by atoms with Gasteiger partial charge >= 0.3 is 0 Å². The Morgan fingerprint density at radius 2 is 2.05 bits per heavy atom. The lowest BCUT2D eigenvalue weighted by molar-refractivity contribution is -0.119. The fourth-order valence-electron chi connectivity index (χ4n) is 2.45. The van der Waals surface area contributed by atoms with E-state index in [0.717, 1.165) is 6.42 Å². The predicted octanol–water partition coefficient (Wildman–Crippen LogP) is 0.783. The summed E-state index contributed by atoms with van der Waals surface area (Å²) in [6.45, 7) is 3.69. The summed E-state index contributed by atoms with van der Waals surface area (Å²) in [7, 11) is 0. The molecule has 0 spiro atoms. The summed E-state index contributed by atoms with van der Waals surface area (Å²) in [6, 6.07) is 6.87. The summed E-state index contributed by atoms with van der Waals surface area (Å²) in [5.41, 5.74) is 11.3. The molecule has 0 aliphatic carbocycles. The van der Waals surface area contributed by atoms with Crippen molar-refractivity contribution < 1.29 is 14.3 Å². The first-order chi connectivity index (χ1) is 9.95. The summed E-state index contributed by atoms with van der Waals surface area (Å²) >= 11 is 0. The highest BCUT2D eigenvalue weighted by Crippen LogP contribution is 2.31. The van der Waals surface area contributed by atoms with E-state index < -0.39 is 5.91 Å². The molecule has 0 saturated carbocycles. The van der Waals surface area contributed by atoms with Gasteiger partial charge in [0, 0.05) is 13.1 Å². The van der Waals surface area contributed by atoms with Crippen LogP contribution in [0.5, 0.6) is 5.75 Å². The molecule has 1 saturated heterocycles. The molecule has 1 aromatic rings. The van der Waals surface area contributed by atoms with Crippen LogP contribution in [0.3, 0.4) is 0 Å². The molecule has 7 heteroatoms. The van der Waals surface area contributed by atoms with Crippen molar-refractivity contribution in [2.24, 2.45) is 16.9 Å². The van der Waals surface area contributed by atoms with Gasteiger partial charge in [0.15, 0.2) is 6.61 Å². The van der Waals surface area contributed by atoms with Gasteiger partial charge in [-0.25, -0.2) is 0 Å². The second-order valence-electron chi connectivity index (χ2n) is 5.74. The molecule has 1 heterocycles. The van der Waals surface area contributed by atoms with Crippen LogP contribution in [0.4, 0.5) is 0 Å². The minimum absolute atomic E-state index is 0. The normalized spacial score (nSPS) is 20.4. The Bertz CT molecular complexity index is 553. The molecule has 4 N–H and O–H groups in total. The third-order valence-electron chi connectivity index (χ3n) is 3.83. The zero-order chi connectivity index (χ0) is 15.5. The minimum atomic E-state index is -0.575. The third-order valence-corrected chi connectivity index (χ3v) is 3.83. The highest BCUT2D eigenvalue weighted by Gasteiger charge is 2.35. The lowest BCUT2D eigenvalue weighted by atomic mass is 9.90. The smallest absolute Gasteiger partial charge is 0.257 e. The number of carbonyl (C=O) groups is 2. The number of primary amides is 1. The lowest BCUT2D eigenvalue weighted by Gasteiger charge is -2.23. The average Bonchev–Trinajstić information content (AvgIpc) is 2.88. The van der Waals surface area contributed by atoms with Crippen molar-refractivity contribution in [3.05, 3.63) is 29.8 Å². The van der Waals surface area contributed by atoms with E-state index in [1.807, 2.05) is 0 Å². The molecule has 0 bridgehead atoms. The van der Waals surface area contributed by atoms with Gasteiger partial charge in [-0.05, 0) is 30.5 Å². The molecule has 1 atom stereocenters. The van der Waals surface area contributed by atoms with Crippen LogP contribution in [0.1, 0.15) is 23.7 Å². The minimum Gasteiger partial charge on any atom is -0.483 e. The number of benzene rings is 1. The van der Waals surface area contributed by atoms with Crippen molar-refractivity contribution in [1.29, 1.82) is 0 Å². The molecule has 2 amide bonds. The SMILES string of the molecule is CC1(CN)CCN(C(=O)c2ccccc2OCC(N)=O)C1.Cl. The van der Waals surface area contributed by atoms with Gasteiger partial charge < -0.3 is 21.1 Å². The van der Waals surface area contributed by atoms with Crippen LogP contribution in [0.25, 0.3) is 0 Å². The first-order valence-electron chi connectivity index (χ1n) is 6.95. The van der Waals surface area contributed by atoms with Gasteiger partial charge in [0.2, 0.25) is 0 Å². The maximum absolute atomic E-state index is 12.6. The number of halogens is 1. The van der Waals surface area contributed by atoms with Crippen LogP contribution in [0, 0.1) is 5.41 Å². The van der Waals surface area contributed by atoms with Crippen LogP contribution in [-0.2, 0) is 4.79 Å². The Morgan fingerprint density at radius 3 is 2.64 bits per heavy atom. The molecule has 1 aliphatic rings. The second kappa shape index (κ2) is 7.47. The number of para-hydroxylation sites is 1. The van der Waals surface area contributed by atoms with Gasteiger partial charge in [-0.2, -0.15) is 0 Å². The Balaban J connectivity index is 0.00000242. The van der Waals surface area contributed by atoms with Gasteiger partial charge in [-0.3, -0.25) is 9.59 Å². The molecular weight excluding hydrogens is 306 g/mol. The summed E-state index contributed by atoms with van der Waals surface area (Å²) in [5.74, 6) is -0.302. The number of hydrogen-bond acceptors (Lipinski definition) is 4. The number of hydrogen-bond donors (Lipinski definition) is 2. The number of carbonyl (C=O) groups excluding carboxylic acids is 2. The van der Waals surface area contributed by atoms with E-state index in [4.69, 9.17) is 16.2 Å². The van der Waals surface area contributed by atoms with Gasteiger partial charge in [0.25, 0.3) is 11.8 Å². The van der Waals surface area contributed by atoms with Gasteiger partial charge in [-0.15, -0.1) is 12.4 Å². The van der Waals surface area contributed by atoms with Crippen molar-refractivity contribution in [3.8, 4) is 5.75 Å². The van der Waals surface area contributed by atoms with Crippen LogP contribution < -0.4 is 16.2 Å². The van der Waals surface area contributed by atoms with Crippen molar-refractivity contribution in [2.75, 3.05) is 26.2 Å². The molecule has 1 aromatic carbocycles.